The molecule has 2 saturated carbocycles. The molecule has 0 radical (unpaired) electrons. The maximum absolute atomic E-state index is 13.3. The van der Waals surface area contributed by atoms with Crippen LogP contribution < -0.4 is 10.2 Å². The molecular formula is C29H33ClN6O3. The van der Waals surface area contributed by atoms with E-state index < -0.39 is 5.41 Å². The van der Waals surface area contributed by atoms with Crippen molar-refractivity contribution in [3.05, 3.63) is 64.3 Å². The predicted molar refractivity (Wildman–Crippen MR) is 146 cm³/mol. The summed E-state index contributed by atoms with van der Waals surface area (Å²) in [4.78, 5) is 29.9. The fourth-order valence-electron chi connectivity index (χ4n) is 6.64. The van der Waals surface area contributed by atoms with Gasteiger partial charge in [0.25, 0.3) is 5.91 Å². The molecule has 2 aliphatic carbocycles. The van der Waals surface area contributed by atoms with Gasteiger partial charge in [0.1, 0.15) is 0 Å². The highest BCUT2D eigenvalue weighted by molar-refractivity contribution is 6.31. The van der Waals surface area contributed by atoms with Crippen LogP contribution in [0.3, 0.4) is 0 Å². The van der Waals surface area contributed by atoms with Gasteiger partial charge in [-0.25, -0.2) is 0 Å². The summed E-state index contributed by atoms with van der Waals surface area (Å²) in [6.45, 7) is 3.38. The zero-order chi connectivity index (χ0) is 26.7. The van der Waals surface area contributed by atoms with Crippen LogP contribution in [-0.4, -0.2) is 57.8 Å². The SMILES string of the molecule is CN1C(=O)C2(CCN(Cc3cnn(C[C@H]4C[C@@H](NC(=O)c5cc(C6CC6)no5)C4)c3)CC2)c2cc(Cl)ccc21. The standard InChI is InChI=1S/C29H33ClN6O3/c1-34-25-5-4-21(30)12-23(25)29(28(34)38)6-8-35(9-7-29)15-19-14-31-36(17-19)16-18-10-22(11-18)32-27(37)26-13-24(33-39-26)20-2-3-20/h4-5,12-14,17-18,20,22H,2-3,6-11,15-16H2,1H3,(H,32,37)/t18-,22+. The molecule has 0 bridgehead atoms. The maximum atomic E-state index is 13.3. The highest BCUT2D eigenvalue weighted by Gasteiger charge is 2.51. The second kappa shape index (κ2) is 9.48. The smallest absolute Gasteiger partial charge is 0.290 e. The summed E-state index contributed by atoms with van der Waals surface area (Å²) >= 11 is 6.30. The van der Waals surface area contributed by atoms with E-state index in [1.165, 1.54) is 5.56 Å². The Kier molecular flexibility index (Phi) is 6.04. The van der Waals surface area contributed by atoms with Crippen molar-refractivity contribution in [2.45, 2.75) is 69.0 Å². The Morgan fingerprint density at radius 2 is 2.00 bits per heavy atom. The van der Waals surface area contributed by atoms with Crippen LogP contribution in [0.15, 0.2) is 41.2 Å². The molecule has 4 heterocycles. The first-order valence-corrected chi connectivity index (χ1v) is 14.3. The molecule has 1 aromatic carbocycles. The number of hydrogen-bond donors (Lipinski definition) is 1. The van der Waals surface area contributed by atoms with Gasteiger partial charge in [-0.3, -0.25) is 19.2 Å². The highest BCUT2D eigenvalue weighted by atomic mass is 35.5. The number of nitrogens with one attached hydrogen (secondary N) is 1. The third kappa shape index (κ3) is 4.55. The number of hydrogen-bond acceptors (Lipinski definition) is 6. The van der Waals surface area contributed by atoms with E-state index in [-0.39, 0.29) is 17.9 Å². The quantitative estimate of drug-likeness (QED) is 0.477. The maximum Gasteiger partial charge on any atom is 0.290 e. The van der Waals surface area contributed by atoms with E-state index in [1.54, 1.807) is 11.0 Å². The summed E-state index contributed by atoms with van der Waals surface area (Å²) in [5.41, 5.74) is 3.69. The molecule has 2 aromatic heterocycles. The van der Waals surface area contributed by atoms with Gasteiger partial charge in [-0.1, -0.05) is 16.8 Å². The number of halogens is 1. The summed E-state index contributed by atoms with van der Waals surface area (Å²) in [7, 11) is 1.86. The second-order valence-corrected chi connectivity index (χ2v) is 12.3. The van der Waals surface area contributed by atoms with E-state index in [4.69, 9.17) is 16.1 Å². The molecule has 204 valence electrons. The second-order valence-electron chi connectivity index (χ2n) is 11.9. The minimum absolute atomic E-state index is 0.167. The summed E-state index contributed by atoms with van der Waals surface area (Å²) in [6.07, 6.45) is 9.82. The molecule has 1 N–H and O–H groups in total. The number of nitrogens with zero attached hydrogens (tertiary/aromatic N) is 5. The van der Waals surface area contributed by atoms with Crippen LogP contribution in [0.5, 0.6) is 0 Å². The zero-order valence-corrected chi connectivity index (χ0v) is 22.9. The predicted octanol–water partition coefficient (Wildman–Crippen LogP) is 4.12. The van der Waals surface area contributed by atoms with Crippen molar-refractivity contribution in [1.82, 2.24) is 25.2 Å². The van der Waals surface area contributed by atoms with Crippen molar-refractivity contribution in [2.75, 3.05) is 25.0 Å². The number of anilines is 1. The molecule has 1 spiro atoms. The third-order valence-electron chi connectivity index (χ3n) is 9.12. The molecule has 39 heavy (non-hydrogen) atoms. The largest absolute Gasteiger partial charge is 0.351 e. The Morgan fingerprint density at radius 1 is 1.21 bits per heavy atom. The number of aromatic nitrogens is 3. The molecule has 3 fully saturated rings. The van der Waals surface area contributed by atoms with Crippen molar-refractivity contribution >= 4 is 29.1 Å². The van der Waals surface area contributed by atoms with Gasteiger partial charge in [0.05, 0.1) is 17.3 Å². The fraction of sp³-hybridized carbons (Fsp3) is 0.517. The van der Waals surface area contributed by atoms with E-state index in [9.17, 15) is 9.59 Å². The average molecular weight is 549 g/mol. The summed E-state index contributed by atoms with van der Waals surface area (Å²) in [5.74, 6) is 1.31. The first-order chi connectivity index (χ1) is 18.9. The van der Waals surface area contributed by atoms with Crippen molar-refractivity contribution in [1.29, 1.82) is 0 Å². The Labute approximate surface area is 232 Å². The Morgan fingerprint density at radius 3 is 2.77 bits per heavy atom. The van der Waals surface area contributed by atoms with Crippen LogP contribution in [-0.2, 0) is 23.3 Å². The average Bonchev–Trinajstić information content (AvgIpc) is 3.40. The fourth-order valence-corrected chi connectivity index (χ4v) is 6.82. The Hall–Kier alpha value is -3.17. The molecule has 7 rings (SSSR count). The van der Waals surface area contributed by atoms with Crippen molar-refractivity contribution in [3.63, 3.8) is 0 Å². The summed E-state index contributed by atoms with van der Waals surface area (Å²) in [5, 5.41) is 12.4. The highest BCUT2D eigenvalue weighted by Crippen LogP contribution is 2.48. The molecular weight excluding hydrogens is 516 g/mol. The van der Waals surface area contributed by atoms with Gasteiger partial charge in [-0.05, 0) is 81.3 Å². The van der Waals surface area contributed by atoms with E-state index in [0.29, 0.717) is 22.6 Å². The summed E-state index contributed by atoms with van der Waals surface area (Å²) < 4.78 is 7.26. The van der Waals surface area contributed by atoms with Crippen molar-refractivity contribution < 1.29 is 14.1 Å². The lowest BCUT2D eigenvalue weighted by molar-refractivity contribution is -0.124. The molecule has 2 aliphatic heterocycles. The number of carbonyl (C=O) groups is 2. The number of piperidine rings is 1. The third-order valence-corrected chi connectivity index (χ3v) is 9.35. The summed E-state index contributed by atoms with van der Waals surface area (Å²) in [6, 6.07) is 7.76. The molecule has 10 heteroatoms. The lowest BCUT2D eigenvalue weighted by atomic mass is 9.73. The Balaban J connectivity index is 0.887. The van der Waals surface area contributed by atoms with Gasteiger partial charge in [0, 0.05) is 60.6 Å². The number of amides is 2. The zero-order valence-electron chi connectivity index (χ0n) is 22.1. The van der Waals surface area contributed by atoms with E-state index >= 15 is 0 Å². The number of likely N-dealkylation sites (N-methyl/N-ethyl adjacent to an activating group) is 1. The molecule has 4 aliphatic rings. The van der Waals surface area contributed by atoms with Gasteiger partial charge in [0.15, 0.2) is 0 Å². The van der Waals surface area contributed by atoms with Gasteiger partial charge in [0.2, 0.25) is 11.7 Å². The lowest BCUT2D eigenvalue weighted by Crippen LogP contribution is -2.47. The van der Waals surface area contributed by atoms with Crippen LogP contribution in [0.1, 0.15) is 71.8 Å². The number of fused-ring (bicyclic) bond motifs is 2. The van der Waals surface area contributed by atoms with Gasteiger partial charge < -0.3 is 14.7 Å². The van der Waals surface area contributed by atoms with Gasteiger partial charge in [-0.2, -0.15) is 5.10 Å². The first kappa shape index (κ1) is 24.8. The molecule has 0 atom stereocenters. The molecule has 0 unspecified atom stereocenters. The van der Waals surface area contributed by atoms with E-state index in [1.807, 2.05) is 36.1 Å². The molecule has 1 saturated heterocycles. The number of rotatable bonds is 7. The molecule has 2 amide bonds. The number of likely N-dealkylation sites (tertiary alicyclic amines) is 1. The van der Waals surface area contributed by atoms with Crippen LogP contribution in [0.2, 0.25) is 5.02 Å². The van der Waals surface area contributed by atoms with Gasteiger partial charge in [-0.15, -0.1) is 0 Å². The molecule has 9 nitrogen and oxygen atoms in total. The number of benzene rings is 1. The van der Waals surface area contributed by atoms with Crippen molar-refractivity contribution in [2.24, 2.45) is 5.92 Å². The minimum Gasteiger partial charge on any atom is -0.351 e. The van der Waals surface area contributed by atoms with Crippen LogP contribution >= 0.6 is 11.6 Å². The van der Waals surface area contributed by atoms with E-state index in [2.05, 4.69) is 26.7 Å². The first-order valence-electron chi connectivity index (χ1n) is 14.0. The normalized spacial score (nSPS) is 24.2. The number of carbonyl (C=O) groups excluding carboxylic acids is 2. The van der Waals surface area contributed by atoms with Crippen LogP contribution in [0.4, 0.5) is 5.69 Å². The topological polar surface area (TPSA) is 96.5 Å². The monoisotopic (exact) mass is 548 g/mol. The van der Waals surface area contributed by atoms with Crippen molar-refractivity contribution in [3.8, 4) is 0 Å². The lowest BCUT2D eigenvalue weighted by Gasteiger charge is -2.38. The van der Waals surface area contributed by atoms with E-state index in [0.717, 1.165) is 81.6 Å². The van der Waals surface area contributed by atoms with Crippen LogP contribution in [0, 0.1) is 5.92 Å². The minimum atomic E-state index is -0.460. The Bertz CT molecular complexity index is 1410. The van der Waals surface area contributed by atoms with Crippen LogP contribution in [0.25, 0.3) is 0 Å². The van der Waals surface area contributed by atoms with Gasteiger partial charge >= 0.3 is 0 Å². The molecule has 3 aromatic rings.